The lowest BCUT2D eigenvalue weighted by atomic mass is 9.47. The highest BCUT2D eigenvalue weighted by Gasteiger charge is 2.61. The van der Waals surface area contributed by atoms with Gasteiger partial charge in [0.05, 0.1) is 15.9 Å². The van der Waals surface area contributed by atoms with Crippen molar-refractivity contribution in [1.82, 2.24) is 5.32 Å². The van der Waals surface area contributed by atoms with E-state index in [0.29, 0.717) is 18.3 Å². The Morgan fingerprint density at radius 1 is 1.23 bits per heavy atom. The molecule has 0 heterocycles. The number of carbonyl (C=O) groups excluding carboxylic acids is 3. The summed E-state index contributed by atoms with van der Waals surface area (Å²) in [5.74, 6) is -0.478. The number of nitro groups is 1. The van der Waals surface area contributed by atoms with Gasteiger partial charge in [-0.05, 0) is 62.5 Å². The summed E-state index contributed by atoms with van der Waals surface area (Å²) in [6.45, 7) is 1.25. The number of carbonyl (C=O) groups is 3. The summed E-state index contributed by atoms with van der Waals surface area (Å²) >= 11 is 0. The van der Waals surface area contributed by atoms with Crippen molar-refractivity contribution in [1.29, 1.82) is 0 Å². The predicted octanol–water partition coefficient (Wildman–Crippen LogP) is 2.21. The number of nitrogens with two attached hydrogens (primary N) is 1. The summed E-state index contributed by atoms with van der Waals surface area (Å²) in [5, 5.41) is 14.5. The van der Waals surface area contributed by atoms with Gasteiger partial charge in [0.1, 0.15) is 6.61 Å². The lowest BCUT2D eigenvalue weighted by Crippen LogP contribution is -2.64. The summed E-state index contributed by atoms with van der Waals surface area (Å²) < 4.78 is 5.58. The maximum Gasteiger partial charge on any atom is 0.312 e. The van der Waals surface area contributed by atoms with Crippen molar-refractivity contribution >= 4 is 23.5 Å². The second-order valence-corrected chi connectivity index (χ2v) is 9.24. The fourth-order valence-corrected chi connectivity index (χ4v) is 6.33. The van der Waals surface area contributed by atoms with Crippen molar-refractivity contribution in [3.05, 3.63) is 39.4 Å². The zero-order chi connectivity index (χ0) is 21.7. The van der Waals surface area contributed by atoms with Crippen LogP contribution in [0.1, 0.15) is 61.4 Å². The van der Waals surface area contributed by atoms with Crippen molar-refractivity contribution in [3.63, 3.8) is 0 Å². The van der Waals surface area contributed by atoms with Crippen molar-refractivity contribution in [3.8, 4) is 0 Å². The van der Waals surface area contributed by atoms with E-state index in [1.807, 2.05) is 0 Å². The van der Waals surface area contributed by atoms with E-state index in [0.717, 1.165) is 38.2 Å². The molecular weight excluding hydrogens is 390 g/mol. The third-order valence-corrected chi connectivity index (χ3v) is 6.86. The summed E-state index contributed by atoms with van der Waals surface area (Å²) in [4.78, 5) is 47.0. The number of hydrogen-bond acceptors (Lipinski definition) is 6. The number of primary amides is 1. The first kappa shape index (κ1) is 20.3. The monoisotopic (exact) mass is 415 g/mol. The van der Waals surface area contributed by atoms with Crippen LogP contribution in [0.4, 0.5) is 5.69 Å². The van der Waals surface area contributed by atoms with Gasteiger partial charge >= 0.3 is 5.97 Å². The molecule has 0 saturated heterocycles. The Morgan fingerprint density at radius 2 is 1.90 bits per heavy atom. The molecule has 4 saturated carbocycles. The number of esters is 1. The first-order valence-electron chi connectivity index (χ1n) is 10.1. The fraction of sp³-hybridized carbons (Fsp3) is 0.571. The van der Waals surface area contributed by atoms with Crippen LogP contribution in [0, 0.1) is 27.4 Å². The second-order valence-electron chi connectivity index (χ2n) is 9.24. The quantitative estimate of drug-likeness (QED) is 0.414. The average Bonchev–Trinajstić information content (AvgIpc) is 2.63. The van der Waals surface area contributed by atoms with Crippen LogP contribution in [-0.2, 0) is 20.9 Å². The zero-order valence-electron chi connectivity index (χ0n) is 16.8. The molecule has 3 N–H and O–H groups in total. The molecule has 0 spiro atoms. The van der Waals surface area contributed by atoms with Gasteiger partial charge in [-0.25, -0.2) is 0 Å². The van der Waals surface area contributed by atoms with Crippen LogP contribution in [0.3, 0.4) is 0 Å². The van der Waals surface area contributed by atoms with Crippen molar-refractivity contribution < 1.29 is 24.0 Å². The second kappa shape index (κ2) is 7.07. The van der Waals surface area contributed by atoms with Gasteiger partial charge < -0.3 is 15.8 Å². The fourth-order valence-electron chi connectivity index (χ4n) is 6.33. The van der Waals surface area contributed by atoms with E-state index in [9.17, 15) is 24.5 Å². The minimum Gasteiger partial charge on any atom is -0.460 e. The number of nitrogens with zero attached hydrogens (tertiary/aromatic N) is 1. The van der Waals surface area contributed by atoms with Gasteiger partial charge in [0.2, 0.25) is 11.8 Å². The molecule has 2 unspecified atom stereocenters. The Morgan fingerprint density at radius 3 is 2.47 bits per heavy atom. The number of ether oxygens (including phenoxy) is 1. The van der Waals surface area contributed by atoms with Crippen molar-refractivity contribution in [2.75, 3.05) is 0 Å². The topological polar surface area (TPSA) is 142 Å². The lowest BCUT2D eigenvalue weighted by molar-refractivity contribution is -0.385. The molecule has 2 amide bonds. The Hall–Kier alpha value is -2.97. The Balaban J connectivity index is 1.53. The molecule has 4 bridgehead atoms. The number of amides is 2. The number of rotatable bonds is 6. The minimum absolute atomic E-state index is 0.0232. The molecule has 0 radical (unpaired) electrons. The third-order valence-electron chi connectivity index (χ3n) is 6.86. The number of nitro benzene ring substituents is 1. The van der Waals surface area contributed by atoms with Gasteiger partial charge in [0.25, 0.3) is 5.69 Å². The summed E-state index contributed by atoms with van der Waals surface area (Å²) in [6, 6.07) is 3.88. The molecule has 160 valence electrons. The first-order chi connectivity index (χ1) is 14.1. The minimum atomic E-state index is -0.765. The van der Waals surface area contributed by atoms with Gasteiger partial charge in [-0.15, -0.1) is 0 Å². The molecule has 4 fully saturated rings. The standard InChI is InChI=1S/C21H25N3O6/c1-12(25)23-21-8-13-4-14(9-21)7-20(6-13,11-21)19(27)30-10-16-3-2-15(18(22)26)5-17(16)24(28)29/h2-3,5,13-14H,4,6-11H2,1H3,(H2,22,26)(H,23,25). The molecule has 1 aromatic rings. The van der Waals surface area contributed by atoms with Gasteiger partial charge in [-0.3, -0.25) is 24.5 Å². The smallest absolute Gasteiger partial charge is 0.312 e. The summed E-state index contributed by atoms with van der Waals surface area (Å²) in [5.41, 5.74) is 4.10. The molecule has 30 heavy (non-hydrogen) atoms. The van der Waals surface area contributed by atoms with E-state index in [4.69, 9.17) is 10.5 Å². The Kier molecular flexibility index (Phi) is 4.79. The number of benzene rings is 1. The molecule has 4 aliphatic rings. The predicted molar refractivity (Wildman–Crippen MR) is 105 cm³/mol. The van der Waals surface area contributed by atoms with Crippen LogP contribution in [-0.4, -0.2) is 28.2 Å². The van der Waals surface area contributed by atoms with E-state index in [1.54, 1.807) is 0 Å². The maximum absolute atomic E-state index is 13.2. The molecule has 9 heteroatoms. The highest BCUT2D eigenvalue weighted by Crippen LogP contribution is 2.62. The Bertz CT molecular complexity index is 929. The van der Waals surface area contributed by atoms with E-state index in [2.05, 4.69) is 5.32 Å². The van der Waals surface area contributed by atoms with Crippen LogP contribution in [0.25, 0.3) is 0 Å². The molecule has 5 rings (SSSR count). The third kappa shape index (κ3) is 3.53. The van der Waals surface area contributed by atoms with Gasteiger partial charge in [0, 0.05) is 24.1 Å². The molecule has 1 aromatic carbocycles. The van der Waals surface area contributed by atoms with Gasteiger partial charge in [0.15, 0.2) is 0 Å². The number of hydrogen-bond donors (Lipinski definition) is 2. The van der Waals surface area contributed by atoms with E-state index < -0.39 is 16.2 Å². The van der Waals surface area contributed by atoms with Crippen LogP contribution >= 0.6 is 0 Å². The van der Waals surface area contributed by atoms with Crippen molar-refractivity contribution in [2.45, 2.75) is 57.6 Å². The largest absolute Gasteiger partial charge is 0.460 e. The van der Waals surface area contributed by atoms with Crippen LogP contribution in [0.5, 0.6) is 0 Å². The van der Waals surface area contributed by atoms with Crippen LogP contribution in [0.15, 0.2) is 18.2 Å². The van der Waals surface area contributed by atoms with Crippen molar-refractivity contribution in [2.24, 2.45) is 23.0 Å². The molecule has 4 aliphatic carbocycles. The molecule has 0 aromatic heterocycles. The number of nitrogens with one attached hydrogen (secondary N) is 1. The summed E-state index contributed by atoms with van der Waals surface area (Å²) in [7, 11) is 0. The zero-order valence-corrected chi connectivity index (χ0v) is 16.8. The Labute approximate surface area is 173 Å². The first-order valence-corrected chi connectivity index (χ1v) is 10.1. The SMILES string of the molecule is CC(=O)NC12CC3CC(C1)CC(C(=O)OCc1ccc(C(N)=O)cc1[N+](=O)[O-])(C3)C2. The molecule has 0 aliphatic heterocycles. The normalized spacial score (nSPS) is 31.2. The molecule has 9 nitrogen and oxygen atoms in total. The van der Waals surface area contributed by atoms with E-state index in [-0.39, 0.29) is 40.8 Å². The molecular formula is C21H25N3O6. The lowest BCUT2D eigenvalue weighted by Gasteiger charge is -2.60. The van der Waals surface area contributed by atoms with Gasteiger partial charge in [-0.1, -0.05) is 0 Å². The molecule has 2 atom stereocenters. The highest BCUT2D eigenvalue weighted by atomic mass is 16.6. The van der Waals surface area contributed by atoms with Crippen LogP contribution < -0.4 is 11.1 Å². The highest BCUT2D eigenvalue weighted by molar-refractivity contribution is 5.93. The average molecular weight is 415 g/mol. The van der Waals surface area contributed by atoms with E-state index >= 15 is 0 Å². The van der Waals surface area contributed by atoms with Crippen LogP contribution in [0.2, 0.25) is 0 Å². The maximum atomic E-state index is 13.2. The van der Waals surface area contributed by atoms with E-state index in [1.165, 1.54) is 19.1 Å². The van der Waals surface area contributed by atoms with Gasteiger partial charge in [-0.2, -0.15) is 0 Å². The summed E-state index contributed by atoms with van der Waals surface area (Å²) in [6.07, 6.45) is 4.85.